The number of hydrogen-bond donors (Lipinski definition) is 1. The van der Waals surface area contributed by atoms with Gasteiger partial charge in [0.1, 0.15) is 29.7 Å². The molecule has 4 fully saturated rings. The van der Waals surface area contributed by atoms with Gasteiger partial charge >= 0.3 is 0 Å². The lowest BCUT2D eigenvalue weighted by Crippen LogP contribution is -2.60. The number of aliphatic hydroxyl groups is 1. The Morgan fingerprint density at radius 1 is 1.08 bits per heavy atom. The van der Waals surface area contributed by atoms with E-state index in [1.165, 1.54) is 0 Å². The highest BCUT2D eigenvalue weighted by atomic mass is 16.8. The molecule has 5 rings (SSSR count). The van der Waals surface area contributed by atoms with Gasteiger partial charge in [-0.3, -0.25) is 0 Å². The first-order chi connectivity index (χ1) is 11.9. The first kappa shape index (κ1) is 16.0. The molecule has 4 saturated heterocycles. The molecule has 0 amide bonds. The van der Waals surface area contributed by atoms with Crippen molar-refractivity contribution in [2.24, 2.45) is 0 Å². The van der Waals surface area contributed by atoms with Gasteiger partial charge in [0.2, 0.25) is 0 Å². The highest BCUT2D eigenvalue weighted by molar-refractivity contribution is 5.32. The lowest BCUT2D eigenvalue weighted by atomic mass is 9.79. The molecular weight excluding hydrogens is 328 g/mol. The van der Waals surface area contributed by atoms with Crippen molar-refractivity contribution < 1.29 is 33.5 Å². The molecule has 4 aliphatic heterocycles. The summed E-state index contributed by atoms with van der Waals surface area (Å²) < 4.78 is 35.1. The molecule has 0 radical (unpaired) electrons. The maximum Gasteiger partial charge on any atom is 0.198 e. The number of ether oxygens (including phenoxy) is 6. The molecule has 1 unspecified atom stereocenters. The van der Waals surface area contributed by atoms with E-state index in [4.69, 9.17) is 28.4 Å². The van der Waals surface area contributed by atoms with E-state index in [1.807, 2.05) is 38.1 Å². The quantitative estimate of drug-likeness (QED) is 0.861. The van der Waals surface area contributed by atoms with Gasteiger partial charge < -0.3 is 33.5 Å². The van der Waals surface area contributed by atoms with E-state index >= 15 is 0 Å². The van der Waals surface area contributed by atoms with E-state index in [1.54, 1.807) is 7.11 Å². The van der Waals surface area contributed by atoms with Crippen molar-refractivity contribution in [3.05, 3.63) is 29.8 Å². The SMILES string of the molecule is COc1ccc(C23C[C@@]4(O)[C@H](O[C@@H]5OC(C)(C)O[C@@H]54)[C@@H](CO2)O3)cc1. The molecule has 25 heavy (non-hydrogen) atoms. The maximum atomic E-state index is 11.5. The van der Waals surface area contributed by atoms with Crippen molar-refractivity contribution in [2.45, 2.75) is 62.0 Å². The van der Waals surface area contributed by atoms with Crippen LogP contribution in [0.2, 0.25) is 0 Å². The van der Waals surface area contributed by atoms with Crippen LogP contribution in [0.3, 0.4) is 0 Å². The second-order valence-electron chi connectivity index (χ2n) is 7.60. The lowest BCUT2D eigenvalue weighted by molar-refractivity contribution is -0.299. The van der Waals surface area contributed by atoms with Crippen molar-refractivity contribution in [3.8, 4) is 5.75 Å². The maximum absolute atomic E-state index is 11.5. The molecule has 0 aromatic heterocycles. The Labute approximate surface area is 145 Å². The van der Waals surface area contributed by atoms with E-state index in [9.17, 15) is 5.11 Å². The van der Waals surface area contributed by atoms with Crippen molar-refractivity contribution >= 4 is 0 Å². The van der Waals surface area contributed by atoms with Crippen molar-refractivity contribution in [2.75, 3.05) is 13.7 Å². The van der Waals surface area contributed by atoms with Crippen LogP contribution < -0.4 is 4.74 Å². The molecule has 1 N–H and O–H groups in total. The molecule has 136 valence electrons. The number of benzene rings is 1. The zero-order valence-electron chi connectivity index (χ0n) is 14.4. The van der Waals surface area contributed by atoms with Crippen molar-refractivity contribution in [3.63, 3.8) is 0 Å². The van der Waals surface area contributed by atoms with Gasteiger partial charge in [-0.15, -0.1) is 0 Å². The normalized spacial score (nSPS) is 46.7. The van der Waals surface area contributed by atoms with Crippen molar-refractivity contribution in [1.82, 2.24) is 0 Å². The van der Waals surface area contributed by atoms with E-state index in [0.717, 1.165) is 11.3 Å². The highest BCUT2D eigenvalue weighted by Gasteiger charge is 2.72. The minimum Gasteiger partial charge on any atom is -0.497 e. The fourth-order valence-electron chi connectivity index (χ4n) is 4.44. The van der Waals surface area contributed by atoms with Crippen molar-refractivity contribution in [1.29, 1.82) is 0 Å². The number of methoxy groups -OCH3 is 1. The standard InChI is InChI=1S/C18H22O7/c1-16(2)24-14-15(25-16)22-13-12-8-21-18(23-12,9-17(13,14)19)10-4-6-11(20-3)7-5-10/h4-7,12-15,19H,8-9H2,1-3H3/t12-,13-,14+,15-,17-,18?/m1/s1. The third-order valence-electron chi connectivity index (χ3n) is 5.53. The summed E-state index contributed by atoms with van der Waals surface area (Å²) in [6.45, 7) is 3.98. The Morgan fingerprint density at radius 2 is 1.84 bits per heavy atom. The second kappa shape index (κ2) is 4.94. The van der Waals surface area contributed by atoms with Crippen LogP contribution in [-0.4, -0.2) is 54.8 Å². The first-order valence-electron chi connectivity index (χ1n) is 8.55. The van der Waals surface area contributed by atoms with Gasteiger partial charge in [-0.2, -0.15) is 0 Å². The molecule has 0 spiro atoms. The predicted octanol–water partition coefficient (Wildman–Crippen LogP) is 1.27. The van der Waals surface area contributed by atoms with E-state index in [-0.39, 0.29) is 12.5 Å². The third kappa shape index (κ3) is 2.14. The molecule has 4 aliphatic rings. The fourth-order valence-corrected chi connectivity index (χ4v) is 4.44. The third-order valence-corrected chi connectivity index (χ3v) is 5.53. The summed E-state index contributed by atoms with van der Waals surface area (Å²) in [7, 11) is 1.62. The Bertz CT molecular complexity index is 689. The minimum absolute atomic E-state index is 0.216. The molecule has 4 heterocycles. The van der Waals surface area contributed by atoms with Gasteiger partial charge in [-0.05, 0) is 38.1 Å². The summed E-state index contributed by atoms with van der Waals surface area (Å²) >= 11 is 0. The lowest BCUT2D eigenvalue weighted by Gasteiger charge is -2.44. The molecule has 6 atom stereocenters. The molecule has 7 heteroatoms. The van der Waals surface area contributed by atoms with Crippen LogP contribution in [0, 0.1) is 0 Å². The van der Waals surface area contributed by atoms with Gasteiger partial charge in [-0.1, -0.05) is 0 Å². The monoisotopic (exact) mass is 350 g/mol. The first-order valence-corrected chi connectivity index (χ1v) is 8.55. The van der Waals surface area contributed by atoms with Crippen LogP contribution in [-0.2, 0) is 29.5 Å². The van der Waals surface area contributed by atoms with Crippen LogP contribution in [0.4, 0.5) is 0 Å². The van der Waals surface area contributed by atoms with E-state index < -0.39 is 35.7 Å². The topological polar surface area (TPSA) is 75.6 Å². The predicted molar refractivity (Wildman–Crippen MR) is 83.8 cm³/mol. The number of hydrogen-bond acceptors (Lipinski definition) is 7. The van der Waals surface area contributed by atoms with Gasteiger partial charge in [0, 0.05) is 12.0 Å². The Balaban J connectivity index is 1.51. The minimum atomic E-state index is -1.24. The van der Waals surface area contributed by atoms with Crippen LogP contribution in [0.25, 0.3) is 0 Å². The number of rotatable bonds is 2. The highest BCUT2D eigenvalue weighted by Crippen LogP contribution is 2.56. The second-order valence-corrected chi connectivity index (χ2v) is 7.60. The average molecular weight is 350 g/mol. The summed E-state index contributed by atoms with van der Waals surface area (Å²) in [5.41, 5.74) is -0.401. The zero-order chi connectivity index (χ0) is 17.4. The molecular formula is C18H22O7. The van der Waals surface area contributed by atoms with Crippen LogP contribution >= 0.6 is 0 Å². The smallest absolute Gasteiger partial charge is 0.198 e. The summed E-state index contributed by atoms with van der Waals surface area (Å²) in [6, 6.07) is 7.50. The molecule has 1 aromatic carbocycles. The molecule has 0 saturated carbocycles. The summed E-state index contributed by atoms with van der Waals surface area (Å²) in [5, 5.41) is 11.5. The Hall–Kier alpha value is -1.22. The fraction of sp³-hybridized carbons (Fsp3) is 0.667. The summed E-state index contributed by atoms with van der Waals surface area (Å²) in [4.78, 5) is 0. The van der Waals surface area contributed by atoms with E-state index in [0.29, 0.717) is 6.61 Å². The van der Waals surface area contributed by atoms with Crippen LogP contribution in [0.5, 0.6) is 5.75 Å². The Morgan fingerprint density at radius 3 is 2.56 bits per heavy atom. The van der Waals surface area contributed by atoms with Crippen LogP contribution in [0.15, 0.2) is 24.3 Å². The van der Waals surface area contributed by atoms with Gasteiger partial charge in [0.05, 0.1) is 13.7 Å². The summed E-state index contributed by atoms with van der Waals surface area (Å²) in [5.74, 6) is -1.06. The molecule has 2 bridgehead atoms. The van der Waals surface area contributed by atoms with Gasteiger partial charge in [-0.25, -0.2) is 0 Å². The zero-order valence-corrected chi connectivity index (χ0v) is 14.4. The largest absolute Gasteiger partial charge is 0.497 e. The number of fused-ring (bicyclic) bond motifs is 6. The summed E-state index contributed by atoms with van der Waals surface area (Å²) in [6.07, 6.45) is -1.86. The molecule has 7 nitrogen and oxygen atoms in total. The molecule has 0 aliphatic carbocycles. The van der Waals surface area contributed by atoms with E-state index in [2.05, 4.69) is 0 Å². The average Bonchev–Trinajstić information content (AvgIpc) is 3.18. The van der Waals surface area contributed by atoms with Crippen LogP contribution in [0.1, 0.15) is 25.8 Å². The van der Waals surface area contributed by atoms with Gasteiger partial charge in [0.25, 0.3) is 0 Å². The molecule has 1 aromatic rings. The van der Waals surface area contributed by atoms with Gasteiger partial charge in [0.15, 0.2) is 17.9 Å². The Kier molecular flexibility index (Phi) is 3.16.